The van der Waals surface area contributed by atoms with E-state index in [1.54, 1.807) is 0 Å². The van der Waals surface area contributed by atoms with Gasteiger partial charge in [0.1, 0.15) is 5.75 Å². The van der Waals surface area contributed by atoms with Gasteiger partial charge < -0.3 is 15.3 Å². The number of phenolic OH excluding ortho intramolecular Hbond substituents is 1. The van der Waals surface area contributed by atoms with E-state index in [0.29, 0.717) is 0 Å². The van der Waals surface area contributed by atoms with Gasteiger partial charge in [-0.1, -0.05) is 17.7 Å². The topological polar surface area (TPSA) is 94.8 Å². The summed E-state index contributed by atoms with van der Waals surface area (Å²) in [5, 5.41) is 26.6. The minimum absolute atomic E-state index is 0.0539. The van der Waals surface area contributed by atoms with Crippen LogP contribution in [0.2, 0.25) is 5.02 Å². The molecule has 6 heteroatoms. The first-order valence-electron chi connectivity index (χ1n) is 5.02. The van der Waals surface area contributed by atoms with Crippen molar-refractivity contribution in [3.05, 3.63) is 40.9 Å². The minimum atomic E-state index is -1.54. The predicted octanol–water partition coefficient (Wildman–Crippen LogP) is 1.62. The number of carboxylic acids is 1. The van der Waals surface area contributed by atoms with Gasteiger partial charge in [-0.25, -0.2) is 4.79 Å². The highest BCUT2D eigenvalue weighted by molar-refractivity contribution is 6.34. The zero-order valence-corrected chi connectivity index (χ0v) is 9.96. The second kappa shape index (κ2) is 6.18. The standard InChI is InChI=1S/C12H11ClO5/c13-9-6-7(14)4-5-8(9)10(15)2-1-3-11(16)12(17)18/h1-2,4-6,11,14,16H,3H2,(H,17,18). The zero-order valence-electron chi connectivity index (χ0n) is 9.21. The van der Waals surface area contributed by atoms with Crippen LogP contribution in [-0.4, -0.2) is 33.2 Å². The molecule has 5 nitrogen and oxygen atoms in total. The van der Waals surface area contributed by atoms with Crippen LogP contribution in [0.15, 0.2) is 30.4 Å². The van der Waals surface area contributed by atoms with Crippen molar-refractivity contribution in [1.29, 1.82) is 0 Å². The Morgan fingerprint density at radius 2 is 2.06 bits per heavy atom. The lowest BCUT2D eigenvalue weighted by Gasteiger charge is -2.01. The third-order valence-electron chi connectivity index (χ3n) is 2.13. The van der Waals surface area contributed by atoms with Gasteiger partial charge >= 0.3 is 5.97 Å². The number of carbonyl (C=O) groups is 2. The summed E-state index contributed by atoms with van der Waals surface area (Å²) >= 11 is 5.76. The van der Waals surface area contributed by atoms with Crippen LogP contribution < -0.4 is 0 Å². The average molecular weight is 271 g/mol. The average Bonchev–Trinajstić information content (AvgIpc) is 2.28. The number of aromatic hydroxyl groups is 1. The molecule has 96 valence electrons. The molecule has 3 N–H and O–H groups in total. The van der Waals surface area contributed by atoms with Crippen molar-refractivity contribution in [2.45, 2.75) is 12.5 Å². The van der Waals surface area contributed by atoms with E-state index in [-0.39, 0.29) is 22.8 Å². The molecule has 0 bridgehead atoms. The van der Waals surface area contributed by atoms with Gasteiger partial charge in [-0.3, -0.25) is 4.79 Å². The number of hydrogen-bond acceptors (Lipinski definition) is 4. The number of halogens is 1. The van der Waals surface area contributed by atoms with E-state index in [0.717, 1.165) is 6.08 Å². The number of ketones is 1. The third-order valence-corrected chi connectivity index (χ3v) is 2.44. The van der Waals surface area contributed by atoms with Crippen molar-refractivity contribution in [3.8, 4) is 5.75 Å². The van der Waals surface area contributed by atoms with E-state index in [1.807, 2.05) is 0 Å². The SMILES string of the molecule is O=C(C=CCC(O)C(=O)O)c1ccc(O)cc1Cl. The maximum atomic E-state index is 11.6. The Bertz CT molecular complexity index is 495. The Balaban J connectivity index is 2.71. The van der Waals surface area contributed by atoms with Gasteiger partial charge in [0.25, 0.3) is 0 Å². The fourth-order valence-corrected chi connectivity index (χ4v) is 1.47. The van der Waals surface area contributed by atoms with Crippen molar-refractivity contribution >= 4 is 23.4 Å². The van der Waals surface area contributed by atoms with Crippen molar-refractivity contribution < 1.29 is 24.9 Å². The molecular formula is C12H11ClO5. The Kier molecular flexibility index (Phi) is 4.88. The summed E-state index contributed by atoms with van der Waals surface area (Å²) in [5.74, 6) is -1.84. The number of carbonyl (C=O) groups excluding carboxylic acids is 1. The molecule has 0 aromatic heterocycles. The lowest BCUT2D eigenvalue weighted by molar-refractivity contribution is -0.146. The first-order valence-corrected chi connectivity index (χ1v) is 5.40. The highest BCUT2D eigenvalue weighted by atomic mass is 35.5. The Morgan fingerprint density at radius 3 is 2.61 bits per heavy atom. The quantitative estimate of drug-likeness (QED) is 0.558. The molecule has 0 saturated heterocycles. The number of benzene rings is 1. The molecule has 18 heavy (non-hydrogen) atoms. The van der Waals surface area contributed by atoms with Crippen molar-refractivity contribution in [3.63, 3.8) is 0 Å². The van der Waals surface area contributed by atoms with E-state index < -0.39 is 17.9 Å². The molecule has 0 aliphatic carbocycles. The summed E-state index contributed by atoms with van der Waals surface area (Å²) in [4.78, 5) is 22.0. The molecule has 0 aliphatic rings. The summed E-state index contributed by atoms with van der Waals surface area (Å²) in [6, 6.07) is 3.91. The van der Waals surface area contributed by atoms with E-state index in [1.165, 1.54) is 24.3 Å². The Labute approximate surface area is 108 Å². The molecule has 0 heterocycles. The molecule has 1 unspecified atom stereocenters. The second-order valence-corrected chi connectivity index (χ2v) is 3.93. The number of allylic oxidation sites excluding steroid dienone is 1. The van der Waals surface area contributed by atoms with Crippen LogP contribution >= 0.6 is 11.6 Å². The van der Waals surface area contributed by atoms with Crippen LogP contribution in [-0.2, 0) is 4.79 Å². The summed E-state index contributed by atoms with van der Waals surface area (Å²) in [7, 11) is 0. The molecule has 1 rings (SSSR count). The molecule has 0 fully saturated rings. The van der Waals surface area contributed by atoms with Gasteiger partial charge in [0, 0.05) is 12.0 Å². The second-order valence-electron chi connectivity index (χ2n) is 3.52. The molecule has 0 spiro atoms. The summed E-state index contributed by atoms with van der Waals surface area (Å²) in [6.07, 6.45) is 0.676. The number of hydrogen-bond donors (Lipinski definition) is 3. The Hall–Kier alpha value is -1.85. The molecule has 1 atom stereocenters. The monoisotopic (exact) mass is 270 g/mol. The van der Waals surface area contributed by atoms with E-state index in [4.69, 9.17) is 26.9 Å². The molecule has 1 aromatic carbocycles. The first kappa shape index (κ1) is 14.2. The first-order chi connectivity index (χ1) is 8.41. The number of carboxylic acid groups (broad SMARTS) is 1. The van der Waals surface area contributed by atoms with Gasteiger partial charge in [0.2, 0.25) is 0 Å². The number of aliphatic hydroxyl groups is 1. The van der Waals surface area contributed by atoms with E-state index in [9.17, 15) is 9.59 Å². The van der Waals surface area contributed by atoms with Gasteiger partial charge in [-0.15, -0.1) is 0 Å². The van der Waals surface area contributed by atoms with Gasteiger partial charge in [0.15, 0.2) is 11.9 Å². The number of phenols is 1. The van der Waals surface area contributed by atoms with E-state index in [2.05, 4.69) is 0 Å². The number of rotatable bonds is 5. The van der Waals surface area contributed by atoms with Crippen molar-refractivity contribution in [2.75, 3.05) is 0 Å². The number of aliphatic carboxylic acids is 1. The lowest BCUT2D eigenvalue weighted by Crippen LogP contribution is -2.18. The molecule has 0 aliphatic heterocycles. The maximum absolute atomic E-state index is 11.6. The van der Waals surface area contributed by atoms with Crippen molar-refractivity contribution in [2.24, 2.45) is 0 Å². The lowest BCUT2D eigenvalue weighted by atomic mass is 10.1. The summed E-state index contributed by atoms with van der Waals surface area (Å²) < 4.78 is 0. The molecular weight excluding hydrogens is 260 g/mol. The van der Waals surface area contributed by atoms with Gasteiger partial charge in [-0.2, -0.15) is 0 Å². The van der Waals surface area contributed by atoms with E-state index >= 15 is 0 Å². The van der Waals surface area contributed by atoms with Gasteiger partial charge in [-0.05, 0) is 24.3 Å². The smallest absolute Gasteiger partial charge is 0.332 e. The fourth-order valence-electron chi connectivity index (χ4n) is 1.20. The molecule has 0 saturated carbocycles. The zero-order chi connectivity index (χ0) is 13.7. The van der Waals surface area contributed by atoms with Crippen LogP contribution in [0.5, 0.6) is 5.75 Å². The maximum Gasteiger partial charge on any atom is 0.332 e. The van der Waals surface area contributed by atoms with Crippen LogP contribution in [0.1, 0.15) is 16.8 Å². The summed E-state index contributed by atoms with van der Waals surface area (Å²) in [5.41, 5.74) is 0.190. The highest BCUT2D eigenvalue weighted by Gasteiger charge is 2.11. The van der Waals surface area contributed by atoms with Crippen LogP contribution in [0.3, 0.4) is 0 Å². The minimum Gasteiger partial charge on any atom is -0.508 e. The number of aliphatic hydroxyl groups excluding tert-OH is 1. The summed E-state index contributed by atoms with van der Waals surface area (Å²) in [6.45, 7) is 0. The van der Waals surface area contributed by atoms with Gasteiger partial charge in [0.05, 0.1) is 5.02 Å². The normalized spacial score (nSPS) is 12.6. The molecule has 1 aromatic rings. The largest absolute Gasteiger partial charge is 0.508 e. The fraction of sp³-hybridized carbons (Fsp3) is 0.167. The predicted molar refractivity (Wildman–Crippen MR) is 64.8 cm³/mol. The third kappa shape index (κ3) is 3.87. The van der Waals surface area contributed by atoms with Crippen LogP contribution in [0.25, 0.3) is 0 Å². The highest BCUT2D eigenvalue weighted by Crippen LogP contribution is 2.22. The molecule has 0 amide bonds. The molecule has 0 radical (unpaired) electrons. The van der Waals surface area contributed by atoms with Crippen molar-refractivity contribution in [1.82, 2.24) is 0 Å². The van der Waals surface area contributed by atoms with Crippen LogP contribution in [0.4, 0.5) is 0 Å². The Morgan fingerprint density at radius 1 is 1.39 bits per heavy atom. The van der Waals surface area contributed by atoms with Crippen LogP contribution in [0, 0.1) is 0 Å².